The molecule has 75 valence electrons. The predicted molar refractivity (Wildman–Crippen MR) is 60.5 cm³/mol. The standard InChI is InChI=1S/C13H12NO/c1-11(15)13-8-5-9-14(13)10-12-6-3-2-4-7-12/h2-6,8-9,15H,1,10H2. The molecule has 2 heteroatoms. The van der Waals surface area contributed by atoms with Crippen molar-refractivity contribution in [2.24, 2.45) is 0 Å². The minimum absolute atomic E-state index is 0.0935. The SMILES string of the molecule is C=C(O)c1cccn1Cc1[c]cccc1. The van der Waals surface area contributed by atoms with E-state index in [9.17, 15) is 5.11 Å². The molecule has 0 atom stereocenters. The van der Waals surface area contributed by atoms with Gasteiger partial charge in [0.15, 0.2) is 0 Å². The molecule has 1 radical (unpaired) electrons. The molecule has 1 aromatic carbocycles. The molecule has 0 fully saturated rings. The van der Waals surface area contributed by atoms with Crippen LogP contribution in [-0.2, 0) is 6.54 Å². The van der Waals surface area contributed by atoms with Crippen molar-refractivity contribution in [3.63, 3.8) is 0 Å². The summed E-state index contributed by atoms with van der Waals surface area (Å²) in [5.41, 5.74) is 1.82. The van der Waals surface area contributed by atoms with Gasteiger partial charge in [0.05, 0.1) is 5.69 Å². The lowest BCUT2D eigenvalue weighted by Crippen LogP contribution is -2.02. The Morgan fingerprint density at radius 3 is 2.87 bits per heavy atom. The van der Waals surface area contributed by atoms with Crippen LogP contribution in [0.3, 0.4) is 0 Å². The fourth-order valence-corrected chi connectivity index (χ4v) is 1.53. The van der Waals surface area contributed by atoms with Gasteiger partial charge in [0.2, 0.25) is 0 Å². The third kappa shape index (κ3) is 2.10. The van der Waals surface area contributed by atoms with Crippen molar-refractivity contribution >= 4 is 5.76 Å². The van der Waals surface area contributed by atoms with Crippen molar-refractivity contribution in [3.05, 3.63) is 66.5 Å². The Morgan fingerprint density at radius 2 is 2.20 bits per heavy atom. The number of rotatable bonds is 3. The summed E-state index contributed by atoms with van der Waals surface area (Å²) >= 11 is 0. The molecule has 1 aromatic heterocycles. The number of benzene rings is 1. The topological polar surface area (TPSA) is 25.2 Å². The van der Waals surface area contributed by atoms with Crippen LogP contribution in [0.25, 0.3) is 5.76 Å². The Balaban J connectivity index is 2.25. The molecule has 0 aliphatic rings. The summed E-state index contributed by atoms with van der Waals surface area (Å²) in [6.07, 6.45) is 1.91. The van der Waals surface area contributed by atoms with E-state index in [1.807, 2.05) is 47.2 Å². The largest absolute Gasteiger partial charge is 0.506 e. The molecule has 0 amide bonds. The normalized spacial score (nSPS) is 10.1. The zero-order valence-corrected chi connectivity index (χ0v) is 8.35. The molecule has 2 aromatic rings. The first-order valence-electron chi connectivity index (χ1n) is 4.76. The van der Waals surface area contributed by atoms with E-state index in [-0.39, 0.29) is 5.76 Å². The van der Waals surface area contributed by atoms with Gasteiger partial charge >= 0.3 is 0 Å². The number of aliphatic hydroxyl groups is 1. The molecule has 0 aliphatic heterocycles. The molecule has 0 spiro atoms. The molecular formula is C13H12NO. The minimum atomic E-state index is 0.0935. The third-order valence-electron chi connectivity index (χ3n) is 2.24. The predicted octanol–water partition coefficient (Wildman–Crippen LogP) is 2.87. The molecular weight excluding hydrogens is 186 g/mol. The maximum atomic E-state index is 9.35. The van der Waals surface area contributed by atoms with Gasteiger partial charge in [-0.3, -0.25) is 0 Å². The van der Waals surface area contributed by atoms with E-state index in [4.69, 9.17) is 0 Å². The average Bonchev–Trinajstić information content (AvgIpc) is 2.67. The molecule has 0 unspecified atom stereocenters. The smallest absolute Gasteiger partial charge is 0.132 e. The summed E-state index contributed by atoms with van der Waals surface area (Å²) in [6.45, 7) is 4.22. The van der Waals surface area contributed by atoms with Crippen molar-refractivity contribution < 1.29 is 5.11 Å². The van der Waals surface area contributed by atoms with Crippen molar-refractivity contribution in [3.8, 4) is 0 Å². The quantitative estimate of drug-likeness (QED) is 0.754. The van der Waals surface area contributed by atoms with E-state index in [2.05, 4.69) is 12.6 Å². The highest BCUT2D eigenvalue weighted by molar-refractivity contribution is 5.52. The van der Waals surface area contributed by atoms with Gasteiger partial charge < -0.3 is 9.67 Å². The van der Waals surface area contributed by atoms with Gasteiger partial charge in [-0.25, -0.2) is 0 Å². The van der Waals surface area contributed by atoms with Gasteiger partial charge in [-0.15, -0.1) is 0 Å². The van der Waals surface area contributed by atoms with Crippen LogP contribution < -0.4 is 0 Å². The van der Waals surface area contributed by atoms with E-state index < -0.39 is 0 Å². The summed E-state index contributed by atoms with van der Waals surface area (Å²) in [6, 6.07) is 14.7. The summed E-state index contributed by atoms with van der Waals surface area (Å²) in [5, 5.41) is 9.35. The Morgan fingerprint density at radius 1 is 1.33 bits per heavy atom. The van der Waals surface area contributed by atoms with Gasteiger partial charge in [-0.1, -0.05) is 30.8 Å². The van der Waals surface area contributed by atoms with E-state index in [0.29, 0.717) is 6.54 Å². The van der Waals surface area contributed by atoms with Gasteiger partial charge in [-0.2, -0.15) is 0 Å². The van der Waals surface area contributed by atoms with Crippen LogP contribution in [0.15, 0.2) is 49.2 Å². The Labute approximate surface area is 89.1 Å². The Kier molecular flexibility index (Phi) is 2.59. The lowest BCUT2D eigenvalue weighted by Gasteiger charge is -2.07. The number of aliphatic hydroxyl groups excluding tert-OH is 1. The summed E-state index contributed by atoms with van der Waals surface area (Å²) in [7, 11) is 0. The third-order valence-corrected chi connectivity index (χ3v) is 2.24. The molecule has 2 rings (SSSR count). The molecule has 0 saturated heterocycles. The van der Waals surface area contributed by atoms with Crippen LogP contribution >= 0.6 is 0 Å². The molecule has 0 aliphatic carbocycles. The highest BCUT2D eigenvalue weighted by atomic mass is 16.3. The van der Waals surface area contributed by atoms with Crippen LogP contribution in [0.1, 0.15) is 11.3 Å². The first-order valence-corrected chi connectivity index (χ1v) is 4.76. The van der Waals surface area contributed by atoms with Crippen molar-refractivity contribution in [1.82, 2.24) is 4.57 Å². The van der Waals surface area contributed by atoms with E-state index in [1.54, 1.807) is 0 Å². The molecule has 0 saturated carbocycles. The fourth-order valence-electron chi connectivity index (χ4n) is 1.53. The second-order valence-electron chi connectivity index (χ2n) is 3.36. The first-order chi connectivity index (χ1) is 7.27. The maximum absolute atomic E-state index is 9.35. The van der Waals surface area contributed by atoms with Crippen molar-refractivity contribution in [1.29, 1.82) is 0 Å². The summed E-state index contributed by atoms with van der Waals surface area (Å²) < 4.78 is 1.94. The maximum Gasteiger partial charge on any atom is 0.132 e. The van der Waals surface area contributed by atoms with Crippen LogP contribution in [0.4, 0.5) is 0 Å². The number of hydrogen-bond acceptors (Lipinski definition) is 1. The van der Waals surface area contributed by atoms with E-state index in [1.165, 1.54) is 0 Å². The second kappa shape index (κ2) is 4.05. The molecule has 0 bridgehead atoms. The molecule has 15 heavy (non-hydrogen) atoms. The number of aromatic nitrogens is 1. The zero-order valence-electron chi connectivity index (χ0n) is 8.35. The monoisotopic (exact) mass is 198 g/mol. The van der Waals surface area contributed by atoms with Crippen LogP contribution in [0.2, 0.25) is 0 Å². The molecule has 1 heterocycles. The van der Waals surface area contributed by atoms with Crippen molar-refractivity contribution in [2.75, 3.05) is 0 Å². The first kappa shape index (κ1) is 9.59. The minimum Gasteiger partial charge on any atom is -0.506 e. The van der Waals surface area contributed by atoms with E-state index in [0.717, 1.165) is 11.3 Å². The van der Waals surface area contributed by atoms with Crippen LogP contribution in [-0.4, -0.2) is 9.67 Å². The van der Waals surface area contributed by atoms with Gasteiger partial charge in [0.1, 0.15) is 5.76 Å². The lowest BCUT2D eigenvalue weighted by atomic mass is 10.2. The second-order valence-corrected chi connectivity index (χ2v) is 3.36. The van der Waals surface area contributed by atoms with Crippen LogP contribution in [0.5, 0.6) is 0 Å². The van der Waals surface area contributed by atoms with E-state index >= 15 is 0 Å². The fraction of sp³-hybridized carbons (Fsp3) is 0.0769. The average molecular weight is 198 g/mol. The lowest BCUT2D eigenvalue weighted by molar-refractivity contribution is 0.504. The zero-order chi connectivity index (χ0) is 10.7. The Hall–Kier alpha value is -1.96. The van der Waals surface area contributed by atoms with Gasteiger partial charge in [-0.05, 0) is 23.8 Å². The van der Waals surface area contributed by atoms with Crippen molar-refractivity contribution in [2.45, 2.75) is 6.54 Å². The molecule has 1 N–H and O–H groups in total. The number of hydrogen-bond donors (Lipinski definition) is 1. The summed E-state index contributed by atoms with van der Waals surface area (Å²) in [4.78, 5) is 0. The van der Waals surface area contributed by atoms with Gasteiger partial charge in [0.25, 0.3) is 0 Å². The highest BCUT2D eigenvalue weighted by Crippen LogP contribution is 2.12. The number of nitrogens with zero attached hydrogens (tertiary/aromatic N) is 1. The molecule has 2 nitrogen and oxygen atoms in total. The Bertz CT molecular complexity index is 456. The summed E-state index contributed by atoms with van der Waals surface area (Å²) in [5.74, 6) is 0.0935. The van der Waals surface area contributed by atoms with Gasteiger partial charge in [0, 0.05) is 12.7 Å². The van der Waals surface area contributed by atoms with Crippen LogP contribution in [0, 0.1) is 6.07 Å². The highest BCUT2D eigenvalue weighted by Gasteiger charge is 2.03.